The standard InChI is InChI=1S/C17H17ClFNO/c1-21-14-6-7-15(17(19)9-14)11-2-3-12(16(18)8-11)10-20-13-4-5-13/h2-3,6-9,13,20H,4-5,10H2,1H3. The van der Waals surface area contributed by atoms with Gasteiger partial charge in [-0.2, -0.15) is 0 Å². The normalized spacial score (nSPS) is 14.2. The van der Waals surface area contributed by atoms with Crippen LogP contribution in [0.5, 0.6) is 5.75 Å². The van der Waals surface area contributed by atoms with Gasteiger partial charge in [0, 0.05) is 29.2 Å². The number of methoxy groups -OCH3 is 1. The highest BCUT2D eigenvalue weighted by Crippen LogP contribution is 2.30. The highest BCUT2D eigenvalue weighted by atomic mass is 35.5. The molecule has 1 saturated carbocycles. The average Bonchev–Trinajstić information content (AvgIpc) is 3.30. The van der Waals surface area contributed by atoms with Crippen LogP contribution >= 0.6 is 11.6 Å². The van der Waals surface area contributed by atoms with Crippen LogP contribution in [-0.4, -0.2) is 13.2 Å². The van der Waals surface area contributed by atoms with Crippen LogP contribution in [0.25, 0.3) is 11.1 Å². The van der Waals surface area contributed by atoms with Crippen molar-refractivity contribution in [3.63, 3.8) is 0 Å². The molecule has 0 bridgehead atoms. The van der Waals surface area contributed by atoms with E-state index in [0.717, 1.165) is 17.7 Å². The zero-order chi connectivity index (χ0) is 14.8. The van der Waals surface area contributed by atoms with Crippen molar-refractivity contribution in [2.45, 2.75) is 25.4 Å². The number of benzene rings is 2. The molecule has 110 valence electrons. The summed E-state index contributed by atoms with van der Waals surface area (Å²) in [6, 6.07) is 11.1. The molecule has 0 unspecified atom stereocenters. The lowest BCUT2D eigenvalue weighted by Gasteiger charge is -2.10. The molecular formula is C17H17ClFNO. The van der Waals surface area contributed by atoms with E-state index in [2.05, 4.69) is 5.32 Å². The van der Waals surface area contributed by atoms with Crippen molar-refractivity contribution in [1.82, 2.24) is 5.32 Å². The smallest absolute Gasteiger partial charge is 0.134 e. The second kappa shape index (κ2) is 6.04. The van der Waals surface area contributed by atoms with Crippen LogP contribution in [0.2, 0.25) is 5.02 Å². The molecule has 0 radical (unpaired) electrons. The Hall–Kier alpha value is -1.58. The summed E-state index contributed by atoms with van der Waals surface area (Å²) in [5.74, 6) is 0.196. The van der Waals surface area contributed by atoms with Gasteiger partial charge in [0.15, 0.2) is 0 Å². The Balaban J connectivity index is 1.83. The highest BCUT2D eigenvalue weighted by molar-refractivity contribution is 6.31. The van der Waals surface area contributed by atoms with Crippen molar-refractivity contribution in [3.8, 4) is 16.9 Å². The molecule has 2 aromatic carbocycles. The highest BCUT2D eigenvalue weighted by Gasteiger charge is 2.20. The first-order chi connectivity index (χ1) is 10.2. The lowest BCUT2D eigenvalue weighted by Crippen LogP contribution is -2.15. The molecule has 1 aliphatic carbocycles. The molecule has 0 spiro atoms. The van der Waals surface area contributed by atoms with E-state index >= 15 is 0 Å². The molecule has 1 aliphatic rings. The van der Waals surface area contributed by atoms with E-state index in [1.807, 2.05) is 18.2 Å². The second-order valence-corrected chi connectivity index (χ2v) is 5.71. The van der Waals surface area contributed by atoms with Gasteiger partial charge in [0.25, 0.3) is 0 Å². The summed E-state index contributed by atoms with van der Waals surface area (Å²) in [6.45, 7) is 0.759. The maximum Gasteiger partial charge on any atom is 0.134 e. The number of ether oxygens (including phenoxy) is 1. The van der Waals surface area contributed by atoms with Gasteiger partial charge in [-0.1, -0.05) is 23.7 Å². The molecule has 4 heteroatoms. The van der Waals surface area contributed by atoms with Gasteiger partial charge in [-0.05, 0) is 42.2 Å². The fourth-order valence-electron chi connectivity index (χ4n) is 2.26. The number of nitrogens with one attached hydrogen (secondary N) is 1. The van der Waals surface area contributed by atoms with Crippen molar-refractivity contribution in [2.24, 2.45) is 0 Å². The quantitative estimate of drug-likeness (QED) is 0.883. The van der Waals surface area contributed by atoms with Crippen molar-refractivity contribution in [2.75, 3.05) is 7.11 Å². The number of rotatable bonds is 5. The van der Waals surface area contributed by atoms with E-state index in [0.29, 0.717) is 22.4 Å². The van der Waals surface area contributed by atoms with E-state index in [1.54, 1.807) is 12.1 Å². The third-order valence-corrected chi connectivity index (χ3v) is 4.05. The molecule has 2 aromatic rings. The number of halogens is 2. The molecule has 2 nitrogen and oxygen atoms in total. The topological polar surface area (TPSA) is 21.3 Å². The minimum absolute atomic E-state index is 0.311. The monoisotopic (exact) mass is 305 g/mol. The maximum absolute atomic E-state index is 14.1. The summed E-state index contributed by atoms with van der Waals surface area (Å²) in [7, 11) is 1.52. The summed E-state index contributed by atoms with van der Waals surface area (Å²) in [4.78, 5) is 0. The first-order valence-corrected chi connectivity index (χ1v) is 7.41. The van der Waals surface area contributed by atoms with Gasteiger partial charge in [-0.25, -0.2) is 4.39 Å². The van der Waals surface area contributed by atoms with Crippen LogP contribution in [-0.2, 0) is 6.54 Å². The zero-order valence-corrected chi connectivity index (χ0v) is 12.6. The molecule has 3 rings (SSSR count). The summed E-state index contributed by atoms with van der Waals surface area (Å²) in [5, 5.41) is 4.09. The maximum atomic E-state index is 14.1. The Bertz CT molecular complexity index is 655. The van der Waals surface area contributed by atoms with Crippen LogP contribution in [0, 0.1) is 5.82 Å². The van der Waals surface area contributed by atoms with Crippen LogP contribution in [0.15, 0.2) is 36.4 Å². The minimum atomic E-state index is -0.311. The van der Waals surface area contributed by atoms with Gasteiger partial charge < -0.3 is 10.1 Å². The Morgan fingerprint density at radius 1 is 1.24 bits per heavy atom. The molecule has 0 heterocycles. The Morgan fingerprint density at radius 2 is 2.05 bits per heavy atom. The van der Waals surface area contributed by atoms with Crippen molar-refractivity contribution in [3.05, 3.63) is 52.8 Å². The first-order valence-electron chi connectivity index (χ1n) is 7.03. The third kappa shape index (κ3) is 3.36. The molecular weight excluding hydrogens is 289 g/mol. The Morgan fingerprint density at radius 3 is 2.67 bits per heavy atom. The largest absolute Gasteiger partial charge is 0.497 e. The van der Waals surface area contributed by atoms with Crippen LogP contribution in [0.4, 0.5) is 4.39 Å². The van der Waals surface area contributed by atoms with E-state index in [4.69, 9.17) is 16.3 Å². The molecule has 0 atom stereocenters. The van der Waals surface area contributed by atoms with E-state index < -0.39 is 0 Å². The minimum Gasteiger partial charge on any atom is -0.497 e. The van der Waals surface area contributed by atoms with Gasteiger partial charge in [0.05, 0.1) is 7.11 Å². The average molecular weight is 306 g/mol. The van der Waals surface area contributed by atoms with Crippen molar-refractivity contribution in [1.29, 1.82) is 0 Å². The van der Waals surface area contributed by atoms with Gasteiger partial charge in [0.1, 0.15) is 11.6 Å². The van der Waals surface area contributed by atoms with Crippen molar-refractivity contribution >= 4 is 11.6 Å². The second-order valence-electron chi connectivity index (χ2n) is 5.31. The molecule has 0 aliphatic heterocycles. The Labute approximate surface area is 128 Å². The van der Waals surface area contributed by atoms with Crippen LogP contribution in [0.3, 0.4) is 0 Å². The third-order valence-electron chi connectivity index (χ3n) is 3.70. The molecule has 1 fully saturated rings. The van der Waals surface area contributed by atoms with E-state index in [-0.39, 0.29) is 5.82 Å². The molecule has 0 saturated heterocycles. The van der Waals surface area contributed by atoms with Gasteiger partial charge in [-0.15, -0.1) is 0 Å². The van der Waals surface area contributed by atoms with Crippen LogP contribution in [0.1, 0.15) is 18.4 Å². The number of hydrogen-bond donors (Lipinski definition) is 1. The SMILES string of the molecule is COc1ccc(-c2ccc(CNC3CC3)c(Cl)c2)c(F)c1. The van der Waals surface area contributed by atoms with E-state index in [9.17, 15) is 4.39 Å². The lowest BCUT2D eigenvalue weighted by molar-refractivity contribution is 0.411. The van der Waals surface area contributed by atoms with E-state index in [1.165, 1.54) is 26.0 Å². The lowest BCUT2D eigenvalue weighted by atomic mass is 10.0. The number of hydrogen-bond acceptors (Lipinski definition) is 2. The molecule has 21 heavy (non-hydrogen) atoms. The fourth-order valence-corrected chi connectivity index (χ4v) is 2.50. The zero-order valence-electron chi connectivity index (χ0n) is 11.8. The van der Waals surface area contributed by atoms with Gasteiger partial charge in [-0.3, -0.25) is 0 Å². The summed E-state index contributed by atoms with van der Waals surface area (Å²) >= 11 is 6.31. The summed E-state index contributed by atoms with van der Waals surface area (Å²) in [5.41, 5.74) is 2.34. The summed E-state index contributed by atoms with van der Waals surface area (Å²) < 4.78 is 19.1. The van der Waals surface area contributed by atoms with Crippen LogP contribution < -0.4 is 10.1 Å². The first kappa shape index (κ1) is 14.4. The predicted octanol–water partition coefficient (Wildman–Crippen LogP) is 4.41. The molecule has 0 amide bonds. The van der Waals surface area contributed by atoms with Gasteiger partial charge >= 0.3 is 0 Å². The predicted molar refractivity (Wildman–Crippen MR) is 83.3 cm³/mol. The van der Waals surface area contributed by atoms with Crippen molar-refractivity contribution < 1.29 is 9.13 Å². The Kier molecular flexibility index (Phi) is 4.13. The molecule has 1 N–H and O–H groups in total. The molecule has 0 aromatic heterocycles. The fraction of sp³-hybridized carbons (Fsp3) is 0.294. The van der Waals surface area contributed by atoms with Gasteiger partial charge in [0.2, 0.25) is 0 Å². The summed E-state index contributed by atoms with van der Waals surface area (Å²) in [6.07, 6.45) is 2.49.